The summed E-state index contributed by atoms with van der Waals surface area (Å²) >= 11 is 8.02. The molecule has 0 aliphatic heterocycles. The summed E-state index contributed by atoms with van der Waals surface area (Å²) in [7, 11) is 0. The van der Waals surface area contributed by atoms with Gasteiger partial charge in [0.15, 0.2) is 12.0 Å². The Hall–Kier alpha value is -1.95. The third-order valence-corrected chi connectivity index (χ3v) is 5.55. The van der Waals surface area contributed by atoms with Crippen molar-refractivity contribution in [3.05, 3.63) is 63.9 Å². The van der Waals surface area contributed by atoms with E-state index in [1.807, 2.05) is 35.1 Å². The molecule has 3 aromatic rings. The number of benzene rings is 1. The van der Waals surface area contributed by atoms with Crippen LogP contribution in [0.25, 0.3) is 11.3 Å². The lowest BCUT2D eigenvalue weighted by Gasteiger charge is -2.19. The van der Waals surface area contributed by atoms with Gasteiger partial charge in [0.1, 0.15) is 17.8 Å². The van der Waals surface area contributed by atoms with Crippen molar-refractivity contribution in [1.29, 1.82) is 0 Å². The molecular weight excluding hydrogens is 368 g/mol. The summed E-state index contributed by atoms with van der Waals surface area (Å²) in [5, 5.41) is 4.90. The second-order valence-electron chi connectivity index (χ2n) is 6.64. The van der Waals surface area contributed by atoms with Crippen molar-refractivity contribution in [3.63, 3.8) is 0 Å². The molecule has 0 aliphatic rings. The van der Waals surface area contributed by atoms with E-state index in [1.165, 1.54) is 0 Å². The van der Waals surface area contributed by atoms with Crippen molar-refractivity contribution in [3.8, 4) is 11.3 Å². The van der Waals surface area contributed by atoms with Crippen LogP contribution in [0.3, 0.4) is 0 Å². The van der Waals surface area contributed by atoms with Gasteiger partial charge in [-0.3, -0.25) is 4.79 Å². The first kappa shape index (κ1) is 18.8. The van der Waals surface area contributed by atoms with Crippen LogP contribution in [0.1, 0.15) is 26.3 Å². The molecule has 6 heteroatoms. The van der Waals surface area contributed by atoms with Gasteiger partial charge in [-0.2, -0.15) is 11.3 Å². The first-order valence-corrected chi connectivity index (χ1v) is 9.71. The van der Waals surface area contributed by atoms with Gasteiger partial charge in [-0.1, -0.05) is 34.5 Å². The Morgan fingerprint density at radius 2 is 2.04 bits per heavy atom. The van der Waals surface area contributed by atoms with Gasteiger partial charge < -0.3 is 4.74 Å². The zero-order valence-electron chi connectivity index (χ0n) is 15.1. The molecule has 0 saturated heterocycles. The number of nitrogens with zero attached hydrogens (tertiary/aromatic N) is 2. The molecule has 0 atom stereocenters. The van der Waals surface area contributed by atoms with E-state index in [2.05, 4.69) is 27.6 Å². The van der Waals surface area contributed by atoms with Crippen molar-refractivity contribution >= 4 is 28.7 Å². The molecule has 0 spiro atoms. The molecule has 26 heavy (non-hydrogen) atoms. The third kappa shape index (κ3) is 4.06. The Morgan fingerprint density at radius 3 is 2.69 bits per heavy atom. The van der Waals surface area contributed by atoms with E-state index in [0.717, 1.165) is 21.8 Å². The van der Waals surface area contributed by atoms with Gasteiger partial charge in [0.2, 0.25) is 0 Å². The highest BCUT2D eigenvalue weighted by Crippen LogP contribution is 2.24. The van der Waals surface area contributed by atoms with E-state index in [4.69, 9.17) is 16.3 Å². The molecular formula is C20H22ClN2O2S+. The van der Waals surface area contributed by atoms with Crippen LogP contribution in [0.15, 0.2) is 53.4 Å². The Balaban J connectivity index is 1.95. The average Bonchev–Trinajstić information content (AvgIpc) is 3.24. The summed E-state index contributed by atoms with van der Waals surface area (Å²) in [4.78, 5) is 11.7. The quantitative estimate of drug-likeness (QED) is 0.556. The second-order valence-corrected chi connectivity index (χ2v) is 7.83. The molecule has 0 radical (unpaired) electrons. The first-order valence-electron chi connectivity index (χ1n) is 8.39. The second kappa shape index (κ2) is 7.74. The summed E-state index contributed by atoms with van der Waals surface area (Å²) in [6.07, 6.45) is 1.97. The number of ether oxygens (including phenoxy) is 1. The van der Waals surface area contributed by atoms with Crippen LogP contribution >= 0.6 is 22.9 Å². The number of hydrogen-bond donors (Lipinski definition) is 0. The van der Waals surface area contributed by atoms with Gasteiger partial charge in [-0.25, -0.2) is 0 Å². The predicted octanol–water partition coefficient (Wildman–Crippen LogP) is 4.55. The van der Waals surface area contributed by atoms with Crippen LogP contribution in [0.4, 0.5) is 0 Å². The predicted molar refractivity (Wildman–Crippen MR) is 104 cm³/mol. The van der Waals surface area contributed by atoms with Gasteiger partial charge in [0, 0.05) is 22.0 Å². The number of carbonyl (C=O) groups excluding carboxylic acids is 1. The molecule has 2 heterocycles. The fourth-order valence-corrected chi connectivity index (χ4v) is 3.37. The highest BCUT2D eigenvalue weighted by Gasteiger charge is 2.27. The fraction of sp³-hybridized carbons (Fsp3) is 0.300. The molecule has 0 amide bonds. The van der Waals surface area contributed by atoms with Crippen LogP contribution in [-0.4, -0.2) is 16.1 Å². The molecule has 0 unspecified atom stereocenters. The molecule has 4 nitrogen and oxygen atoms in total. The summed E-state index contributed by atoms with van der Waals surface area (Å²) in [6, 6.07) is 12.0. The van der Waals surface area contributed by atoms with Crippen molar-refractivity contribution in [2.75, 3.05) is 0 Å². The van der Waals surface area contributed by atoms with Crippen LogP contribution < -0.4 is 4.68 Å². The zero-order chi connectivity index (χ0) is 18.7. The van der Waals surface area contributed by atoms with Gasteiger partial charge in [0.05, 0.1) is 0 Å². The lowest BCUT2D eigenvalue weighted by molar-refractivity contribution is -0.805. The van der Waals surface area contributed by atoms with E-state index in [-0.39, 0.29) is 12.5 Å². The van der Waals surface area contributed by atoms with Gasteiger partial charge in [-0.05, 0) is 43.8 Å². The Bertz CT molecular complexity index is 900. The van der Waals surface area contributed by atoms with Crippen molar-refractivity contribution in [2.45, 2.75) is 39.6 Å². The van der Waals surface area contributed by atoms with E-state index < -0.39 is 5.60 Å². The van der Waals surface area contributed by atoms with Crippen LogP contribution in [-0.2, 0) is 22.8 Å². The molecule has 136 valence electrons. The summed E-state index contributed by atoms with van der Waals surface area (Å²) < 4.78 is 9.98. The Labute approximate surface area is 162 Å². The molecule has 0 bridgehead atoms. The number of hydrogen-bond acceptors (Lipinski definition) is 3. The van der Waals surface area contributed by atoms with Crippen LogP contribution in [0, 0.1) is 0 Å². The Morgan fingerprint density at radius 1 is 1.27 bits per heavy atom. The normalized spacial score (nSPS) is 11.7. The number of aromatic nitrogens is 2. The maximum absolute atomic E-state index is 11.7. The molecule has 1 aromatic carbocycles. The summed E-state index contributed by atoms with van der Waals surface area (Å²) in [5.41, 5.74) is 2.43. The zero-order valence-corrected chi connectivity index (χ0v) is 16.7. The van der Waals surface area contributed by atoms with Crippen molar-refractivity contribution < 1.29 is 14.2 Å². The molecule has 0 aliphatic carbocycles. The van der Waals surface area contributed by atoms with Crippen molar-refractivity contribution in [1.82, 2.24) is 4.68 Å². The molecule has 0 fully saturated rings. The van der Waals surface area contributed by atoms with Crippen LogP contribution in [0.2, 0.25) is 5.02 Å². The smallest absolute Gasteiger partial charge is 0.277 e. The van der Waals surface area contributed by atoms with E-state index in [0.29, 0.717) is 6.54 Å². The minimum Gasteiger partial charge on any atom is -0.307 e. The monoisotopic (exact) mass is 389 g/mol. The summed E-state index contributed by atoms with van der Waals surface area (Å²) in [5.74, 6) is 0.000341. The largest absolute Gasteiger partial charge is 0.307 e. The number of halogens is 1. The lowest BCUT2D eigenvalue weighted by Crippen LogP contribution is -2.48. The first-order chi connectivity index (χ1) is 12.4. The lowest BCUT2D eigenvalue weighted by atomic mass is 10.1. The molecule has 0 N–H and O–H groups in total. The molecule has 2 aromatic heterocycles. The van der Waals surface area contributed by atoms with Crippen molar-refractivity contribution in [2.24, 2.45) is 0 Å². The SMILES string of the molecule is CC(=O)C(C)(C)OC[n+]1ccc(-c2ccsc2)n1Cc1ccccc1Cl. The number of carbonyl (C=O) groups is 1. The summed E-state index contributed by atoms with van der Waals surface area (Å²) in [6.45, 7) is 6.02. The average molecular weight is 390 g/mol. The Kier molecular flexibility index (Phi) is 5.61. The highest BCUT2D eigenvalue weighted by atomic mass is 35.5. The highest BCUT2D eigenvalue weighted by molar-refractivity contribution is 7.08. The topological polar surface area (TPSA) is 35.1 Å². The number of rotatable bonds is 7. The maximum atomic E-state index is 11.7. The fourth-order valence-electron chi connectivity index (χ4n) is 2.52. The molecule has 0 saturated carbocycles. The number of ketones is 1. The minimum atomic E-state index is -0.824. The van der Waals surface area contributed by atoms with E-state index >= 15 is 0 Å². The van der Waals surface area contributed by atoms with E-state index in [1.54, 1.807) is 32.1 Å². The standard InChI is InChI=1S/C20H22ClN2O2S/c1-15(24)20(2,3)25-14-22-10-8-19(17-9-11-26-13-17)23(22)12-16-6-4-5-7-18(16)21/h4-11,13H,12,14H2,1-3H3/q+1. The van der Waals surface area contributed by atoms with E-state index in [9.17, 15) is 4.79 Å². The minimum absolute atomic E-state index is 0.000341. The maximum Gasteiger partial charge on any atom is 0.277 e. The van der Waals surface area contributed by atoms with Gasteiger partial charge in [0.25, 0.3) is 6.73 Å². The number of thiophene rings is 1. The number of Topliss-reactive ketones (excluding diaryl/α,β-unsaturated/α-hetero) is 1. The van der Waals surface area contributed by atoms with Gasteiger partial charge >= 0.3 is 0 Å². The van der Waals surface area contributed by atoms with Gasteiger partial charge in [-0.15, -0.1) is 4.68 Å². The van der Waals surface area contributed by atoms with Crippen LogP contribution in [0.5, 0.6) is 0 Å². The third-order valence-electron chi connectivity index (χ3n) is 4.49. The molecule has 3 rings (SSSR count).